The summed E-state index contributed by atoms with van der Waals surface area (Å²) in [5.74, 6) is -3.25. The highest BCUT2D eigenvalue weighted by molar-refractivity contribution is 7.98. The first kappa shape index (κ1) is 30.0. The monoisotopic (exact) mass is 493 g/mol. The fourth-order valence-electron chi connectivity index (χ4n) is 2.52. The number of nitrogens with one attached hydrogen (secondary N) is 3. The maximum atomic E-state index is 12.8. The third-order valence-electron chi connectivity index (χ3n) is 4.53. The van der Waals surface area contributed by atoms with E-state index in [1.165, 1.54) is 23.5 Å². The van der Waals surface area contributed by atoms with Crippen LogP contribution in [0.3, 0.4) is 0 Å². The van der Waals surface area contributed by atoms with Crippen molar-refractivity contribution < 1.29 is 29.1 Å². The van der Waals surface area contributed by atoms with Crippen LogP contribution in [0.4, 0.5) is 0 Å². The second-order valence-electron chi connectivity index (χ2n) is 7.52. The molecule has 11 nitrogen and oxygen atoms in total. The Bertz CT molecular complexity index is 664. The van der Waals surface area contributed by atoms with Crippen LogP contribution >= 0.6 is 23.5 Å². The van der Waals surface area contributed by atoms with Gasteiger partial charge in [0.25, 0.3) is 0 Å². The summed E-state index contributed by atoms with van der Waals surface area (Å²) in [6, 6.07) is -4.38. The highest BCUT2D eigenvalue weighted by Crippen LogP contribution is 2.06. The molecule has 0 rings (SSSR count). The highest BCUT2D eigenvalue weighted by Gasteiger charge is 2.31. The zero-order chi connectivity index (χ0) is 24.8. The maximum absolute atomic E-state index is 12.8. The van der Waals surface area contributed by atoms with Crippen molar-refractivity contribution in [1.29, 1.82) is 0 Å². The maximum Gasteiger partial charge on any atom is 0.326 e. The summed E-state index contributed by atoms with van der Waals surface area (Å²) in [5, 5.41) is 16.7. The Balaban J connectivity index is 5.44. The lowest BCUT2D eigenvalue weighted by Gasteiger charge is -2.25. The molecule has 0 spiro atoms. The smallest absolute Gasteiger partial charge is 0.326 e. The van der Waals surface area contributed by atoms with Gasteiger partial charge in [-0.25, -0.2) is 4.79 Å². The van der Waals surface area contributed by atoms with Crippen LogP contribution in [0, 0.1) is 5.92 Å². The number of primary amides is 1. The van der Waals surface area contributed by atoms with Crippen LogP contribution in [-0.2, 0) is 24.0 Å². The average Bonchev–Trinajstić information content (AvgIpc) is 2.71. The van der Waals surface area contributed by atoms with E-state index in [4.69, 9.17) is 11.5 Å². The van der Waals surface area contributed by atoms with Crippen LogP contribution in [0.1, 0.15) is 33.1 Å². The van der Waals surface area contributed by atoms with Crippen molar-refractivity contribution in [3.8, 4) is 0 Å². The molecule has 4 atom stereocenters. The van der Waals surface area contributed by atoms with Gasteiger partial charge in [0.1, 0.15) is 18.1 Å². The average molecular weight is 494 g/mol. The van der Waals surface area contributed by atoms with Crippen molar-refractivity contribution in [3.05, 3.63) is 0 Å². The number of hydrogen-bond acceptors (Lipinski definition) is 8. The molecule has 0 saturated heterocycles. The molecule has 8 N–H and O–H groups in total. The summed E-state index contributed by atoms with van der Waals surface area (Å²) in [4.78, 5) is 60.7. The molecule has 0 aliphatic carbocycles. The van der Waals surface area contributed by atoms with Crippen LogP contribution in [0.25, 0.3) is 0 Å². The first-order chi connectivity index (χ1) is 14.9. The molecule has 0 saturated carbocycles. The second kappa shape index (κ2) is 15.8. The molecule has 184 valence electrons. The lowest BCUT2D eigenvalue weighted by atomic mass is 10.0. The number of rotatable bonds is 16. The SMILES string of the molecule is CSCCC(NC(=O)C(CCSC)NC(=O)C(CC(N)=O)NC(=O)C(N)C(C)C)C(=O)O. The molecule has 0 fully saturated rings. The number of amides is 4. The summed E-state index contributed by atoms with van der Waals surface area (Å²) in [7, 11) is 0. The normalized spacial score (nSPS) is 14.7. The van der Waals surface area contributed by atoms with E-state index in [-0.39, 0.29) is 18.8 Å². The molecule has 13 heteroatoms. The minimum absolute atomic E-state index is 0.207. The van der Waals surface area contributed by atoms with Gasteiger partial charge in [0, 0.05) is 0 Å². The third kappa shape index (κ3) is 11.6. The largest absolute Gasteiger partial charge is 0.480 e. The zero-order valence-electron chi connectivity index (χ0n) is 18.9. The molecule has 0 aromatic heterocycles. The molecule has 4 amide bonds. The highest BCUT2D eigenvalue weighted by atomic mass is 32.2. The molecule has 32 heavy (non-hydrogen) atoms. The number of thioether (sulfide) groups is 2. The number of aliphatic carboxylic acids is 1. The number of carboxylic acid groups (broad SMARTS) is 1. The van der Waals surface area contributed by atoms with Gasteiger partial charge in [-0.2, -0.15) is 23.5 Å². The molecule has 0 aromatic rings. The van der Waals surface area contributed by atoms with Gasteiger partial charge >= 0.3 is 5.97 Å². The Kier molecular flexibility index (Phi) is 14.8. The second-order valence-corrected chi connectivity index (χ2v) is 9.50. The van der Waals surface area contributed by atoms with E-state index >= 15 is 0 Å². The van der Waals surface area contributed by atoms with E-state index in [1.807, 2.05) is 12.5 Å². The van der Waals surface area contributed by atoms with Gasteiger partial charge in [-0.15, -0.1) is 0 Å². The number of carboxylic acids is 1. The van der Waals surface area contributed by atoms with Crippen molar-refractivity contribution in [1.82, 2.24) is 16.0 Å². The van der Waals surface area contributed by atoms with Gasteiger partial charge in [-0.3, -0.25) is 19.2 Å². The minimum Gasteiger partial charge on any atom is -0.480 e. The summed E-state index contributed by atoms with van der Waals surface area (Å²) < 4.78 is 0. The quantitative estimate of drug-likeness (QED) is 0.155. The van der Waals surface area contributed by atoms with E-state index in [9.17, 15) is 29.1 Å². The lowest BCUT2D eigenvalue weighted by molar-refractivity contribution is -0.142. The summed E-state index contributed by atoms with van der Waals surface area (Å²) >= 11 is 2.88. The molecule has 4 unspecified atom stereocenters. The molecule has 0 aromatic carbocycles. The molecule has 0 bridgehead atoms. The summed E-state index contributed by atoms with van der Waals surface area (Å²) in [6.45, 7) is 3.46. The molecular formula is C19H35N5O6S2. The number of carbonyl (C=O) groups excluding carboxylic acids is 4. The molecule has 0 aliphatic rings. The van der Waals surface area contributed by atoms with E-state index in [0.717, 1.165) is 0 Å². The number of nitrogens with two attached hydrogens (primary N) is 2. The van der Waals surface area contributed by atoms with E-state index in [1.54, 1.807) is 13.8 Å². The van der Waals surface area contributed by atoms with Gasteiger partial charge in [0.15, 0.2) is 0 Å². The standard InChI is InChI=1S/C19H35N5O6S2/c1-10(2)15(21)18(28)24-13(9-14(20)25)17(27)22-11(5-7-31-3)16(26)23-12(19(29)30)6-8-32-4/h10-13,15H,5-9,21H2,1-4H3,(H2,20,25)(H,22,27)(H,23,26)(H,24,28)(H,29,30). The van der Waals surface area contributed by atoms with Crippen LogP contribution in [0.2, 0.25) is 0 Å². The summed E-state index contributed by atoms with van der Waals surface area (Å²) in [6.07, 6.45) is 3.60. The van der Waals surface area contributed by atoms with E-state index in [0.29, 0.717) is 11.5 Å². The molecule has 0 aliphatic heterocycles. The molecule has 0 radical (unpaired) electrons. The van der Waals surface area contributed by atoms with Crippen molar-refractivity contribution in [2.75, 3.05) is 24.0 Å². The van der Waals surface area contributed by atoms with Crippen LogP contribution in [0.5, 0.6) is 0 Å². The van der Waals surface area contributed by atoms with Crippen molar-refractivity contribution in [2.45, 2.75) is 57.3 Å². The Morgan fingerprint density at radius 1 is 0.812 bits per heavy atom. The van der Waals surface area contributed by atoms with Gasteiger partial charge in [0.2, 0.25) is 23.6 Å². The fourth-order valence-corrected chi connectivity index (χ4v) is 3.47. The van der Waals surface area contributed by atoms with Crippen LogP contribution in [-0.4, -0.2) is 82.9 Å². The Morgan fingerprint density at radius 2 is 1.25 bits per heavy atom. The third-order valence-corrected chi connectivity index (χ3v) is 5.82. The van der Waals surface area contributed by atoms with Crippen molar-refractivity contribution in [3.63, 3.8) is 0 Å². The van der Waals surface area contributed by atoms with E-state index < -0.39 is 60.2 Å². The fraction of sp³-hybridized carbons (Fsp3) is 0.737. The van der Waals surface area contributed by atoms with E-state index in [2.05, 4.69) is 16.0 Å². The number of carbonyl (C=O) groups is 5. The number of hydrogen-bond donors (Lipinski definition) is 6. The van der Waals surface area contributed by atoms with Crippen molar-refractivity contribution >= 4 is 53.1 Å². The Morgan fingerprint density at radius 3 is 1.69 bits per heavy atom. The Labute approximate surface area is 196 Å². The van der Waals surface area contributed by atoms with Gasteiger partial charge < -0.3 is 32.5 Å². The van der Waals surface area contributed by atoms with Gasteiger partial charge in [-0.05, 0) is 42.8 Å². The molecular weight excluding hydrogens is 458 g/mol. The summed E-state index contributed by atoms with van der Waals surface area (Å²) in [5.41, 5.74) is 11.0. The topological polar surface area (TPSA) is 194 Å². The predicted molar refractivity (Wildman–Crippen MR) is 126 cm³/mol. The van der Waals surface area contributed by atoms with Gasteiger partial charge in [0.05, 0.1) is 12.5 Å². The Hall–Kier alpha value is -1.99. The van der Waals surface area contributed by atoms with Crippen molar-refractivity contribution in [2.24, 2.45) is 17.4 Å². The van der Waals surface area contributed by atoms with Gasteiger partial charge in [-0.1, -0.05) is 13.8 Å². The molecule has 0 heterocycles. The first-order valence-corrected chi connectivity index (χ1v) is 12.9. The zero-order valence-corrected chi connectivity index (χ0v) is 20.5. The predicted octanol–water partition coefficient (Wildman–Crippen LogP) is -1.11. The van der Waals surface area contributed by atoms with Crippen LogP contribution < -0.4 is 27.4 Å². The minimum atomic E-state index is -1.32. The first-order valence-electron chi connectivity index (χ1n) is 10.1. The lowest BCUT2D eigenvalue weighted by Crippen LogP contribution is -2.58. The van der Waals surface area contributed by atoms with Crippen LogP contribution in [0.15, 0.2) is 0 Å².